The number of carboxylic acid groups (broad SMARTS) is 1. The molecule has 0 amide bonds. The summed E-state index contributed by atoms with van der Waals surface area (Å²) >= 11 is 5.93. The Hall–Kier alpha value is -1.89. The Kier molecular flexibility index (Phi) is 4.38. The van der Waals surface area contributed by atoms with E-state index in [1.54, 1.807) is 0 Å². The summed E-state index contributed by atoms with van der Waals surface area (Å²) in [4.78, 5) is 32.7. The molecule has 4 aliphatic carbocycles. The third-order valence-electron chi connectivity index (χ3n) is 6.27. The second kappa shape index (κ2) is 6.31. The van der Waals surface area contributed by atoms with Gasteiger partial charge >= 0.3 is 11.9 Å². The zero-order chi connectivity index (χ0) is 20.3. The molecule has 1 heterocycles. The van der Waals surface area contributed by atoms with E-state index in [2.05, 4.69) is 15.3 Å². The molecule has 4 bridgehead atoms. The molecule has 2 unspecified atom stereocenters. The van der Waals surface area contributed by atoms with Crippen LogP contribution in [0.3, 0.4) is 0 Å². The molecule has 2 atom stereocenters. The van der Waals surface area contributed by atoms with Gasteiger partial charge in [0, 0.05) is 11.7 Å². The fraction of sp³-hybridized carbons (Fsp3) is 0.700. The van der Waals surface area contributed by atoms with Crippen molar-refractivity contribution >= 4 is 29.4 Å². The molecule has 4 fully saturated rings. The SMILES string of the molecule is CC(C)(C)OC(=O)C12CC3CC(CC(Nc4nc(Cl)ncc4C(=O)O)(C3)C1)C2. The molecule has 4 aliphatic rings. The summed E-state index contributed by atoms with van der Waals surface area (Å²) in [6.07, 6.45) is 6.46. The standard InChI is InChI=1S/C20H26ClN3O4/c1-18(2,3)28-16(27)19-5-11-4-12(6-19)8-20(7-11,10-19)24-14-13(15(25)26)9-22-17(21)23-14/h9,11-12H,4-8,10H2,1-3H3,(H,25,26)(H,22,23,24). The van der Waals surface area contributed by atoms with Gasteiger partial charge in [0.2, 0.25) is 5.28 Å². The summed E-state index contributed by atoms with van der Waals surface area (Å²) in [5, 5.41) is 12.9. The van der Waals surface area contributed by atoms with Crippen molar-refractivity contribution in [2.24, 2.45) is 17.3 Å². The van der Waals surface area contributed by atoms with Crippen LogP contribution in [0.2, 0.25) is 5.28 Å². The maximum Gasteiger partial charge on any atom is 0.341 e. The van der Waals surface area contributed by atoms with Crippen LogP contribution in [0.4, 0.5) is 5.82 Å². The van der Waals surface area contributed by atoms with Crippen LogP contribution in [0.25, 0.3) is 0 Å². The van der Waals surface area contributed by atoms with Crippen LogP contribution in [0.1, 0.15) is 69.7 Å². The fourth-order valence-corrected chi connectivity index (χ4v) is 6.03. The molecule has 0 radical (unpaired) electrons. The molecule has 2 N–H and O–H groups in total. The number of ether oxygens (including phenoxy) is 1. The van der Waals surface area contributed by atoms with Crippen LogP contribution < -0.4 is 5.32 Å². The first-order valence-electron chi connectivity index (χ1n) is 9.77. The molecule has 0 aliphatic heterocycles. The van der Waals surface area contributed by atoms with Gasteiger partial charge in [-0.05, 0) is 82.7 Å². The first-order chi connectivity index (χ1) is 13.0. The van der Waals surface area contributed by atoms with Crippen LogP contribution in [-0.2, 0) is 9.53 Å². The van der Waals surface area contributed by atoms with E-state index >= 15 is 0 Å². The topological polar surface area (TPSA) is 101 Å². The van der Waals surface area contributed by atoms with Gasteiger partial charge in [-0.1, -0.05) is 0 Å². The summed E-state index contributed by atoms with van der Waals surface area (Å²) in [7, 11) is 0. The number of hydrogen-bond acceptors (Lipinski definition) is 6. The molecule has 1 aromatic heterocycles. The van der Waals surface area contributed by atoms with E-state index in [1.807, 2.05) is 20.8 Å². The van der Waals surface area contributed by atoms with Gasteiger partial charge in [-0.3, -0.25) is 4.79 Å². The van der Waals surface area contributed by atoms with Crippen molar-refractivity contribution in [1.82, 2.24) is 9.97 Å². The Balaban J connectivity index is 1.66. The van der Waals surface area contributed by atoms with E-state index in [4.69, 9.17) is 16.3 Å². The van der Waals surface area contributed by atoms with Crippen LogP contribution in [-0.4, -0.2) is 38.2 Å². The largest absolute Gasteiger partial charge is 0.477 e. The highest BCUT2D eigenvalue weighted by Crippen LogP contribution is 2.63. The third kappa shape index (κ3) is 3.45. The van der Waals surface area contributed by atoms with Crippen LogP contribution >= 0.6 is 11.6 Å². The normalized spacial score (nSPS) is 33.6. The molecular formula is C20H26ClN3O4. The Morgan fingerprint density at radius 2 is 1.89 bits per heavy atom. The molecule has 0 spiro atoms. The van der Waals surface area contributed by atoms with Crippen molar-refractivity contribution in [3.63, 3.8) is 0 Å². The number of esters is 1. The number of anilines is 1. The molecule has 5 rings (SSSR count). The average Bonchev–Trinajstić information content (AvgIpc) is 2.51. The van der Waals surface area contributed by atoms with Gasteiger partial charge in [0.25, 0.3) is 0 Å². The van der Waals surface area contributed by atoms with Gasteiger partial charge in [0.1, 0.15) is 17.0 Å². The van der Waals surface area contributed by atoms with E-state index in [0.29, 0.717) is 18.3 Å². The summed E-state index contributed by atoms with van der Waals surface area (Å²) in [6, 6.07) is 0. The highest BCUT2D eigenvalue weighted by molar-refractivity contribution is 6.28. The molecule has 8 heteroatoms. The minimum Gasteiger partial charge on any atom is -0.477 e. The second-order valence-corrected chi connectivity index (χ2v) is 10.2. The third-order valence-corrected chi connectivity index (χ3v) is 6.45. The quantitative estimate of drug-likeness (QED) is 0.576. The Morgan fingerprint density at radius 1 is 1.25 bits per heavy atom. The smallest absolute Gasteiger partial charge is 0.341 e. The van der Waals surface area contributed by atoms with Crippen molar-refractivity contribution in [3.05, 3.63) is 17.0 Å². The monoisotopic (exact) mass is 407 g/mol. The fourth-order valence-electron chi connectivity index (χ4n) is 5.90. The molecule has 152 valence electrons. The lowest BCUT2D eigenvalue weighted by atomic mass is 9.47. The maximum absolute atomic E-state index is 13.1. The highest BCUT2D eigenvalue weighted by atomic mass is 35.5. The van der Waals surface area contributed by atoms with Crippen molar-refractivity contribution in [3.8, 4) is 0 Å². The maximum atomic E-state index is 13.1. The van der Waals surface area contributed by atoms with E-state index in [0.717, 1.165) is 32.1 Å². The van der Waals surface area contributed by atoms with Gasteiger partial charge in [-0.25, -0.2) is 9.78 Å². The van der Waals surface area contributed by atoms with Crippen molar-refractivity contribution < 1.29 is 19.4 Å². The molecule has 0 aromatic carbocycles. The van der Waals surface area contributed by atoms with E-state index in [9.17, 15) is 14.7 Å². The zero-order valence-electron chi connectivity index (χ0n) is 16.4. The molecular weight excluding hydrogens is 382 g/mol. The number of aromatic nitrogens is 2. The molecule has 7 nitrogen and oxygen atoms in total. The number of carbonyl (C=O) groups is 2. The Morgan fingerprint density at radius 3 is 2.46 bits per heavy atom. The van der Waals surface area contributed by atoms with Gasteiger partial charge in [0.15, 0.2) is 0 Å². The number of carboxylic acids is 1. The van der Waals surface area contributed by atoms with E-state index in [1.165, 1.54) is 6.20 Å². The number of nitrogens with zero attached hydrogens (tertiary/aromatic N) is 2. The van der Waals surface area contributed by atoms with Crippen LogP contribution in [0.5, 0.6) is 0 Å². The molecule has 4 saturated carbocycles. The zero-order valence-corrected chi connectivity index (χ0v) is 17.2. The van der Waals surface area contributed by atoms with Crippen molar-refractivity contribution in [1.29, 1.82) is 0 Å². The first kappa shape index (κ1) is 19.4. The van der Waals surface area contributed by atoms with Gasteiger partial charge < -0.3 is 15.2 Å². The lowest BCUT2D eigenvalue weighted by Crippen LogP contribution is -2.62. The predicted molar refractivity (Wildman–Crippen MR) is 103 cm³/mol. The lowest BCUT2D eigenvalue weighted by Gasteiger charge is -2.61. The number of aromatic carboxylic acids is 1. The molecule has 0 saturated heterocycles. The number of halogens is 1. The van der Waals surface area contributed by atoms with Crippen LogP contribution in [0.15, 0.2) is 6.20 Å². The lowest BCUT2D eigenvalue weighted by molar-refractivity contribution is -0.183. The number of carbonyl (C=O) groups excluding carboxylic acids is 1. The summed E-state index contributed by atoms with van der Waals surface area (Å²) in [5.41, 5.74) is -1.42. The van der Waals surface area contributed by atoms with Gasteiger partial charge in [-0.15, -0.1) is 0 Å². The summed E-state index contributed by atoms with van der Waals surface area (Å²) < 4.78 is 5.79. The number of hydrogen-bond donors (Lipinski definition) is 2. The highest BCUT2D eigenvalue weighted by Gasteiger charge is 2.62. The minimum atomic E-state index is -1.11. The summed E-state index contributed by atoms with van der Waals surface area (Å²) in [6.45, 7) is 5.67. The van der Waals surface area contributed by atoms with E-state index < -0.39 is 17.0 Å². The van der Waals surface area contributed by atoms with E-state index in [-0.39, 0.29) is 28.2 Å². The number of rotatable bonds is 4. The van der Waals surface area contributed by atoms with Crippen LogP contribution in [0, 0.1) is 17.3 Å². The second-order valence-electron chi connectivity index (χ2n) is 9.86. The number of nitrogens with one attached hydrogen (secondary N) is 1. The Bertz CT molecular complexity index is 821. The Labute approximate surface area is 169 Å². The molecule has 28 heavy (non-hydrogen) atoms. The predicted octanol–water partition coefficient (Wildman–Crippen LogP) is 3.92. The summed E-state index contributed by atoms with van der Waals surface area (Å²) in [5.74, 6) is -0.155. The van der Waals surface area contributed by atoms with Gasteiger partial charge in [-0.2, -0.15) is 4.98 Å². The average molecular weight is 408 g/mol. The first-order valence-corrected chi connectivity index (χ1v) is 10.1. The van der Waals surface area contributed by atoms with Crippen molar-refractivity contribution in [2.45, 2.75) is 70.4 Å². The molecule has 1 aromatic rings. The van der Waals surface area contributed by atoms with Gasteiger partial charge in [0.05, 0.1) is 5.41 Å². The van der Waals surface area contributed by atoms with Crippen molar-refractivity contribution in [2.75, 3.05) is 5.32 Å². The minimum absolute atomic E-state index is 0.000848.